The number of rotatable bonds is 0. The van der Waals surface area contributed by atoms with Crippen molar-refractivity contribution in [2.45, 2.75) is 58.4 Å². The summed E-state index contributed by atoms with van der Waals surface area (Å²) in [6, 6.07) is 8.80. The molecule has 1 unspecified atom stereocenters. The van der Waals surface area contributed by atoms with Crippen molar-refractivity contribution >= 4 is 0 Å². The van der Waals surface area contributed by atoms with Crippen molar-refractivity contribution in [1.29, 1.82) is 0 Å². The molecule has 2 N–H and O–H groups in total. The summed E-state index contributed by atoms with van der Waals surface area (Å²) in [5, 5.41) is 0. The first-order chi connectivity index (χ1) is 7.88. The van der Waals surface area contributed by atoms with Crippen LogP contribution in [0.2, 0.25) is 0 Å². The first-order valence-corrected chi connectivity index (χ1v) is 6.71. The molecule has 1 atom stereocenters. The van der Waals surface area contributed by atoms with Gasteiger partial charge >= 0.3 is 0 Å². The molecule has 0 aromatic heterocycles. The van der Waals surface area contributed by atoms with E-state index < -0.39 is 0 Å². The molecule has 0 heterocycles. The minimum Gasteiger partial charge on any atom is -0.324 e. The second-order valence-electron chi connectivity index (χ2n) is 4.26. The number of hydrogen-bond donors (Lipinski definition) is 1. The van der Waals surface area contributed by atoms with Gasteiger partial charge in [0, 0.05) is 6.04 Å². The van der Waals surface area contributed by atoms with Gasteiger partial charge in [0.15, 0.2) is 0 Å². The van der Waals surface area contributed by atoms with Gasteiger partial charge in [0.2, 0.25) is 0 Å². The summed E-state index contributed by atoms with van der Waals surface area (Å²) in [7, 11) is 0. The Kier molecular flexibility index (Phi) is 6.17. The molecule has 0 saturated heterocycles. The Morgan fingerprint density at radius 1 is 1.00 bits per heavy atom. The second kappa shape index (κ2) is 7.45. The molecule has 90 valence electrons. The summed E-state index contributed by atoms with van der Waals surface area (Å²) in [5.74, 6) is 0. The lowest BCUT2D eigenvalue weighted by atomic mass is 9.88. The maximum absolute atomic E-state index is 5.95. The Bertz CT molecular complexity index is 288. The van der Waals surface area contributed by atoms with Gasteiger partial charge in [-0.15, -0.1) is 0 Å². The highest BCUT2D eigenvalue weighted by Crippen LogP contribution is 2.26. The average Bonchev–Trinajstić information content (AvgIpc) is 3.20. The molecule has 1 aromatic carbocycles. The van der Waals surface area contributed by atoms with Crippen molar-refractivity contribution in [2.24, 2.45) is 5.73 Å². The topological polar surface area (TPSA) is 26.0 Å². The fourth-order valence-corrected chi connectivity index (χ4v) is 1.79. The van der Waals surface area contributed by atoms with Crippen LogP contribution in [0.5, 0.6) is 0 Å². The zero-order chi connectivity index (χ0) is 11.8. The zero-order valence-electron chi connectivity index (χ0n) is 10.7. The quantitative estimate of drug-likeness (QED) is 0.694. The first-order valence-electron chi connectivity index (χ1n) is 6.71. The predicted octanol–water partition coefficient (Wildman–Crippen LogP) is 4.22. The van der Waals surface area contributed by atoms with Crippen molar-refractivity contribution in [3.63, 3.8) is 0 Å². The fourth-order valence-electron chi connectivity index (χ4n) is 1.79. The molecule has 0 radical (unpaired) electrons. The Labute approximate surface area is 100 Å². The molecule has 0 amide bonds. The van der Waals surface area contributed by atoms with Crippen molar-refractivity contribution in [2.75, 3.05) is 0 Å². The predicted molar refractivity (Wildman–Crippen MR) is 71.5 cm³/mol. The van der Waals surface area contributed by atoms with Crippen LogP contribution in [-0.2, 0) is 6.42 Å². The van der Waals surface area contributed by atoms with Gasteiger partial charge in [0.25, 0.3) is 0 Å². The molecule has 16 heavy (non-hydrogen) atoms. The van der Waals surface area contributed by atoms with Crippen LogP contribution in [0.3, 0.4) is 0 Å². The molecule has 1 aromatic rings. The summed E-state index contributed by atoms with van der Waals surface area (Å²) in [6.07, 6.45) is 8.11. The van der Waals surface area contributed by atoms with Crippen LogP contribution in [0.1, 0.15) is 63.1 Å². The van der Waals surface area contributed by atoms with Crippen LogP contribution in [0.4, 0.5) is 0 Å². The third-order valence-corrected chi connectivity index (χ3v) is 2.77. The lowest BCUT2D eigenvalue weighted by Gasteiger charge is -2.21. The van der Waals surface area contributed by atoms with E-state index in [9.17, 15) is 0 Å². The van der Waals surface area contributed by atoms with E-state index in [4.69, 9.17) is 5.73 Å². The molecule has 3 rings (SSSR count). The van der Waals surface area contributed by atoms with Crippen LogP contribution in [0.15, 0.2) is 24.3 Å². The Morgan fingerprint density at radius 3 is 2.19 bits per heavy atom. The minimum atomic E-state index is 0.292. The van der Waals surface area contributed by atoms with Gasteiger partial charge in [-0.1, -0.05) is 57.4 Å². The average molecular weight is 219 g/mol. The van der Waals surface area contributed by atoms with E-state index in [0.717, 1.165) is 6.42 Å². The summed E-state index contributed by atoms with van der Waals surface area (Å²) >= 11 is 0. The SMILES string of the molecule is C1CC1.CC.NC1CCCc2ccccc21. The maximum atomic E-state index is 5.95. The zero-order valence-corrected chi connectivity index (χ0v) is 10.7. The van der Waals surface area contributed by atoms with Crippen molar-refractivity contribution < 1.29 is 0 Å². The Morgan fingerprint density at radius 2 is 1.62 bits per heavy atom. The number of nitrogens with two attached hydrogens (primary N) is 1. The molecule has 0 spiro atoms. The second-order valence-corrected chi connectivity index (χ2v) is 4.26. The number of benzene rings is 1. The smallest absolute Gasteiger partial charge is 0.0297 e. The highest BCUT2D eigenvalue weighted by Gasteiger charge is 2.14. The van der Waals surface area contributed by atoms with E-state index in [1.807, 2.05) is 13.8 Å². The first kappa shape index (κ1) is 13.2. The van der Waals surface area contributed by atoms with Crippen molar-refractivity contribution in [3.8, 4) is 0 Å². The molecular weight excluding hydrogens is 194 g/mol. The highest BCUT2D eigenvalue weighted by atomic mass is 14.6. The molecule has 0 aliphatic heterocycles. The van der Waals surface area contributed by atoms with Gasteiger partial charge in [0.05, 0.1) is 0 Å². The van der Waals surface area contributed by atoms with Gasteiger partial charge in [-0.2, -0.15) is 0 Å². The number of fused-ring (bicyclic) bond motifs is 1. The van der Waals surface area contributed by atoms with Crippen molar-refractivity contribution in [1.82, 2.24) is 0 Å². The molecule has 1 nitrogen and oxygen atoms in total. The van der Waals surface area contributed by atoms with Gasteiger partial charge in [-0.05, 0) is 30.4 Å². The van der Waals surface area contributed by atoms with Gasteiger partial charge in [0.1, 0.15) is 0 Å². The van der Waals surface area contributed by atoms with E-state index in [2.05, 4.69) is 24.3 Å². The van der Waals surface area contributed by atoms with E-state index in [1.165, 1.54) is 43.2 Å². The molecule has 1 heteroatoms. The van der Waals surface area contributed by atoms with Crippen LogP contribution < -0.4 is 5.73 Å². The molecule has 1 saturated carbocycles. The Hall–Kier alpha value is -0.820. The molecule has 0 bridgehead atoms. The minimum absolute atomic E-state index is 0.292. The lowest BCUT2D eigenvalue weighted by molar-refractivity contribution is 0.570. The Balaban J connectivity index is 0.000000216. The molecule has 1 fully saturated rings. The van der Waals surface area contributed by atoms with Gasteiger partial charge < -0.3 is 5.73 Å². The van der Waals surface area contributed by atoms with Crippen LogP contribution in [0, 0.1) is 0 Å². The fraction of sp³-hybridized carbons (Fsp3) is 0.600. The summed E-state index contributed by atoms with van der Waals surface area (Å²) < 4.78 is 0. The highest BCUT2D eigenvalue weighted by molar-refractivity contribution is 5.31. The van der Waals surface area contributed by atoms with E-state index in [0.29, 0.717) is 6.04 Å². The van der Waals surface area contributed by atoms with Gasteiger partial charge in [-0.3, -0.25) is 0 Å². The van der Waals surface area contributed by atoms with Crippen LogP contribution in [0.25, 0.3) is 0 Å². The normalized spacial score (nSPS) is 20.6. The monoisotopic (exact) mass is 219 g/mol. The number of hydrogen-bond acceptors (Lipinski definition) is 1. The van der Waals surface area contributed by atoms with E-state index in [1.54, 1.807) is 0 Å². The largest absolute Gasteiger partial charge is 0.324 e. The molecule has 2 aliphatic rings. The van der Waals surface area contributed by atoms with Crippen molar-refractivity contribution in [3.05, 3.63) is 35.4 Å². The lowest BCUT2D eigenvalue weighted by Crippen LogP contribution is -2.16. The van der Waals surface area contributed by atoms with E-state index >= 15 is 0 Å². The molecular formula is C15H25N. The summed E-state index contributed by atoms with van der Waals surface area (Å²) in [6.45, 7) is 4.00. The third kappa shape index (κ3) is 4.36. The van der Waals surface area contributed by atoms with Crippen LogP contribution >= 0.6 is 0 Å². The number of aryl methyl sites for hydroxylation is 1. The van der Waals surface area contributed by atoms with Gasteiger partial charge in [-0.25, -0.2) is 0 Å². The van der Waals surface area contributed by atoms with Crippen LogP contribution in [-0.4, -0.2) is 0 Å². The summed E-state index contributed by atoms with van der Waals surface area (Å²) in [5.41, 5.74) is 8.76. The maximum Gasteiger partial charge on any atom is 0.0297 e. The third-order valence-electron chi connectivity index (χ3n) is 2.77. The summed E-state index contributed by atoms with van der Waals surface area (Å²) in [4.78, 5) is 0. The molecule has 2 aliphatic carbocycles. The van der Waals surface area contributed by atoms with E-state index in [-0.39, 0.29) is 0 Å². The standard InChI is InChI=1S/C10H13N.C3H6.C2H6/c11-10-7-3-5-8-4-1-2-6-9(8)10;1-2-3-1;1-2/h1-2,4,6,10H,3,5,7,11H2;1-3H2;1-2H3.